The Morgan fingerprint density at radius 1 is 1.42 bits per heavy atom. The van der Waals surface area contributed by atoms with Crippen LogP contribution < -0.4 is 5.32 Å². The molecule has 6 heteroatoms. The van der Waals surface area contributed by atoms with Gasteiger partial charge in [0.15, 0.2) is 4.96 Å². The number of anilines is 1. The molecular weight excluding hydrogens is 326 g/mol. The predicted octanol–water partition coefficient (Wildman–Crippen LogP) is 3.72. The summed E-state index contributed by atoms with van der Waals surface area (Å²) in [6.45, 7) is 1.99. The van der Waals surface area contributed by atoms with Gasteiger partial charge in [-0.25, -0.2) is 4.98 Å². The van der Waals surface area contributed by atoms with Crippen molar-refractivity contribution >= 4 is 43.8 Å². The van der Waals surface area contributed by atoms with E-state index in [0.29, 0.717) is 5.69 Å². The highest BCUT2D eigenvalue weighted by atomic mass is 79.9. The van der Waals surface area contributed by atoms with Gasteiger partial charge in [-0.3, -0.25) is 9.20 Å². The van der Waals surface area contributed by atoms with Crippen LogP contribution in [0.25, 0.3) is 4.96 Å². The van der Waals surface area contributed by atoms with Crippen LogP contribution in [0.15, 0.2) is 40.3 Å². The third kappa shape index (κ3) is 2.29. The first-order valence-corrected chi connectivity index (χ1v) is 7.31. The Kier molecular flexibility index (Phi) is 3.12. The maximum absolute atomic E-state index is 12.1. The molecule has 96 valence electrons. The Labute approximate surface area is 122 Å². The lowest BCUT2D eigenvalue weighted by atomic mass is 10.3. The van der Waals surface area contributed by atoms with E-state index in [1.807, 2.05) is 41.0 Å². The second-order valence-corrected chi connectivity index (χ2v) is 5.78. The van der Waals surface area contributed by atoms with Crippen molar-refractivity contribution in [2.45, 2.75) is 6.92 Å². The lowest BCUT2D eigenvalue weighted by Gasteiger charge is -2.04. The van der Waals surface area contributed by atoms with E-state index >= 15 is 0 Å². The molecule has 0 fully saturated rings. The van der Waals surface area contributed by atoms with Crippen molar-refractivity contribution in [2.24, 2.45) is 0 Å². The van der Waals surface area contributed by atoms with Crippen LogP contribution >= 0.6 is 27.3 Å². The van der Waals surface area contributed by atoms with E-state index in [4.69, 9.17) is 0 Å². The second kappa shape index (κ2) is 4.79. The number of nitrogens with one attached hydrogen (secondary N) is 1. The minimum absolute atomic E-state index is 0.206. The molecule has 0 saturated carbocycles. The van der Waals surface area contributed by atoms with Crippen molar-refractivity contribution in [3.63, 3.8) is 0 Å². The predicted molar refractivity (Wildman–Crippen MR) is 79.9 cm³/mol. The molecule has 0 unspecified atom stereocenters. The number of nitrogens with zero attached hydrogens (tertiary/aromatic N) is 2. The van der Waals surface area contributed by atoms with Crippen LogP contribution in [0.2, 0.25) is 0 Å². The maximum Gasteiger partial charge on any atom is 0.275 e. The number of hydrogen-bond donors (Lipinski definition) is 1. The van der Waals surface area contributed by atoms with Gasteiger partial charge >= 0.3 is 0 Å². The van der Waals surface area contributed by atoms with Gasteiger partial charge in [0.25, 0.3) is 5.91 Å². The van der Waals surface area contributed by atoms with Crippen molar-refractivity contribution in [1.82, 2.24) is 9.38 Å². The number of aryl methyl sites for hydroxylation is 1. The number of carbonyl (C=O) groups is 1. The van der Waals surface area contributed by atoms with E-state index in [0.717, 1.165) is 20.8 Å². The molecule has 2 aromatic heterocycles. The third-order valence-corrected chi connectivity index (χ3v) is 4.39. The van der Waals surface area contributed by atoms with Gasteiger partial charge in [0, 0.05) is 21.7 Å². The number of halogens is 1. The summed E-state index contributed by atoms with van der Waals surface area (Å²) in [7, 11) is 0. The van der Waals surface area contributed by atoms with Gasteiger partial charge in [0.05, 0.1) is 5.69 Å². The summed E-state index contributed by atoms with van der Waals surface area (Å²) >= 11 is 4.92. The number of benzene rings is 1. The molecular formula is C13H10BrN3OS. The standard InChI is InChI=1S/C13H10BrN3OS/c1-8-7-19-13-16-11(6-17(8)13)12(18)15-10-5-3-2-4-9(10)14/h2-7H,1H3,(H,15,18). The molecule has 0 atom stereocenters. The Balaban J connectivity index is 1.90. The molecule has 1 aromatic carbocycles. The van der Waals surface area contributed by atoms with Gasteiger partial charge in [0.2, 0.25) is 0 Å². The molecule has 1 N–H and O–H groups in total. The maximum atomic E-state index is 12.1. The van der Waals surface area contributed by atoms with E-state index in [1.165, 1.54) is 11.3 Å². The largest absolute Gasteiger partial charge is 0.320 e. The zero-order valence-corrected chi connectivity index (χ0v) is 12.5. The number of para-hydroxylation sites is 1. The van der Waals surface area contributed by atoms with Crippen LogP contribution in [0.3, 0.4) is 0 Å². The number of imidazole rings is 1. The summed E-state index contributed by atoms with van der Waals surface area (Å²) < 4.78 is 2.76. The van der Waals surface area contributed by atoms with E-state index in [1.54, 1.807) is 6.20 Å². The molecule has 1 amide bonds. The Hall–Kier alpha value is -1.66. The summed E-state index contributed by atoms with van der Waals surface area (Å²) in [5, 5.41) is 4.85. The molecule has 0 saturated heterocycles. The van der Waals surface area contributed by atoms with Gasteiger partial charge in [-0.15, -0.1) is 11.3 Å². The summed E-state index contributed by atoms with van der Waals surface area (Å²) in [6.07, 6.45) is 1.76. The number of fused-ring (bicyclic) bond motifs is 1. The second-order valence-electron chi connectivity index (χ2n) is 4.09. The van der Waals surface area contributed by atoms with E-state index in [-0.39, 0.29) is 5.91 Å². The molecule has 0 aliphatic heterocycles. The zero-order chi connectivity index (χ0) is 13.4. The first kappa shape index (κ1) is 12.4. The van der Waals surface area contributed by atoms with Gasteiger partial charge in [-0.1, -0.05) is 12.1 Å². The average Bonchev–Trinajstić information content (AvgIpc) is 2.95. The number of rotatable bonds is 2. The molecule has 3 aromatic rings. The summed E-state index contributed by atoms with van der Waals surface area (Å²) in [4.78, 5) is 17.3. The number of carbonyl (C=O) groups excluding carboxylic acids is 1. The molecule has 0 radical (unpaired) electrons. The minimum atomic E-state index is -0.206. The number of amides is 1. The lowest BCUT2D eigenvalue weighted by Crippen LogP contribution is -2.12. The molecule has 4 nitrogen and oxygen atoms in total. The molecule has 0 spiro atoms. The van der Waals surface area contributed by atoms with Gasteiger partial charge < -0.3 is 5.32 Å². The molecule has 0 aliphatic carbocycles. The van der Waals surface area contributed by atoms with Crippen LogP contribution in [-0.4, -0.2) is 15.3 Å². The monoisotopic (exact) mass is 335 g/mol. The Morgan fingerprint density at radius 3 is 2.95 bits per heavy atom. The van der Waals surface area contributed by atoms with Crippen LogP contribution in [0, 0.1) is 6.92 Å². The van der Waals surface area contributed by atoms with Crippen LogP contribution in [0.5, 0.6) is 0 Å². The van der Waals surface area contributed by atoms with Crippen molar-refractivity contribution in [3.8, 4) is 0 Å². The number of thiazole rings is 1. The quantitative estimate of drug-likeness (QED) is 0.775. The number of hydrogen-bond acceptors (Lipinski definition) is 3. The fourth-order valence-electron chi connectivity index (χ4n) is 1.75. The third-order valence-electron chi connectivity index (χ3n) is 2.74. The van der Waals surface area contributed by atoms with Crippen molar-refractivity contribution in [2.75, 3.05) is 5.32 Å². The lowest BCUT2D eigenvalue weighted by molar-refractivity contribution is 0.102. The SMILES string of the molecule is Cc1csc2nc(C(=O)Nc3ccccc3Br)cn12. The fraction of sp³-hybridized carbons (Fsp3) is 0.0769. The topological polar surface area (TPSA) is 46.4 Å². The normalized spacial score (nSPS) is 10.8. The van der Waals surface area contributed by atoms with Crippen LogP contribution in [0.1, 0.15) is 16.2 Å². The number of aromatic nitrogens is 2. The summed E-state index contributed by atoms with van der Waals surface area (Å²) in [5.41, 5.74) is 2.23. The van der Waals surface area contributed by atoms with E-state index < -0.39 is 0 Å². The highest BCUT2D eigenvalue weighted by Gasteiger charge is 2.13. The minimum Gasteiger partial charge on any atom is -0.320 e. The van der Waals surface area contributed by atoms with Crippen LogP contribution in [0.4, 0.5) is 5.69 Å². The van der Waals surface area contributed by atoms with Gasteiger partial charge in [0.1, 0.15) is 5.69 Å². The zero-order valence-electron chi connectivity index (χ0n) is 10.1. The van der Waals surface area contributed by atoms with E-state index in [9.17, 15) is 4.79 Å². The van der Waals surface area contributed by atoms with Gasteiger partial charge in [-0.2, -0.15) is 0 Å². The Morgan fingerprint density at radius 2 is 2.21 bits per heavy atom. The molecule has 0 bridgehead atoms. The summed E-state index contributed by atoms with van der Waals surface area (Å²) in [5.74, 6) is -0.206. The Bertz CT molecular complexity index is 762. The van der Waals surface area contributed by atoms with Crippen LogP contribution in [-0.2, 0) is 0 Å². The van der Waals surface area contributed by atoms with Gasteiger partial charge in [-0.05, 0) is 35.0 Å². The van der Waals surface area contributed by atoms with Crippen molar-refractivity contribution in [1.29, 1.82) is 0 Å². The highest BCUT2D eigenvalue weighted by molar-refractivity contribution is 9.10. The smallest absolute Gasteiger partial charge is 0.275 e. The van der Waals surface area contributed by atoms with E-state index in [2.05, 4.69) is 26.2 Å². The molecule has 3 rings (SSSR count). The van der Waals surface area contributed by atoms with Crippen molar-refractivity contribution in [3.05, 3.63) is 51.7 Å². The first-order chi connectivity index (χ1) is 9.15. The van der Waals surface area contributed by atoms with Crippen molar-refractivity contribution < 1.29 is 4.79 Å². The summed E-state index contributed by atoms with van der Waals surface area (Å²) in [6, 6.07) is 7.49. The highest BCUT2D eigenvalue weighted by Crippen LogP contribution is 2.22. The average molecular weight is 336 g/mol. The molecule has 0 aliphatic rings. The first-order valence-electron chi connectivity index (χ1n) is 5.64. The molecule has 2 heterocycles. The fourth-order valence-corrected chi connectivity index (χ4v) is 2.99. The molecule has 19 heavy (non-hydrogen) atoms.